The molecule has 17 heavy (non-hydrogen) atoms. The summed E-state index contributed by atoms with van der Waals surface area (Å²) in [6.07, 6.45) is 2.70. The molecule has 2 rings (SSSR count). The number of aromatic nitrogens is 1. The minimum Gasteiger partial charge on any atom is -0.356 e. The molecule has 0 saturated carbocycles. The van der Waals surface area contributed by atoms with Crippen molar-refractivity contribution in [2.45, 2.75) is 32.4 Å². The molecule has 1 aliphatic rings. The summed E-state index contributed by atoms with van der Waals surface area (Å²) in [4.78, 5) is 14.8. The lowest BCUT2D eigenvalue weighted by atomic mass is 9.89. The molecule has 0 bridgehead atoms. The summed E-state index contributed by atoms with van der Waals surface area (Å²) in [6, 6.07) is 2.11. The molecule has 1 amide bonds. The van der Waals surface area contributed by atoms with Gasteiger partial charge in [0.1, 0.15) is 5.69 Å². The second-order valence-corrected chi connectivity index (χ2v) is 5.18. The lowest BCUT2D eigenvalue weighted by molar-refractivity contribution is 0.0893. The number of carbonyl (C=O) groups is 1. The lowest BCUT2D eigenvalue weighted by Crippen LogP contribution is -2.55. The van der Waals surface area contributed by atoms with Crippen molar-refractivity contribution in [2.75, 3.05) is 6.54 Å². The monoisotopic (exact) mass is 255 g/mol. The minimum absolute atomic E-state index is 0.0932. The smallest absolute Gasteiger partial charge is 0.268 e. The number of halogens is 1. The number of hydrogen-bond acceptors (Lipinski definition) is 2. The predicted octanol–water partition coefficient (Wildman–Crippen LogP) is 1.78. The van der Waals surface area contributed by atoms with Crippen LogP contribution in [0.1, 0.15) is 30.8 Å². The van der Waals surface area contributed by atoms with Crippen LogP contribution in [0.5, 0.6) is 0 Å². The Bertz CT molecular complexity index is 394. The summed E-state index contributed by atoms with van der Waals surface area (Å²) in [5.41, 5.74) is 0.514. The Kier molecular flexibility index (Phi) is 3.74. The van der Waals surface area contributed by atoms with E-state index in [-0.39, 0.29) is 11.9 Å². The molecular formula is C12H18ClN3O. The van der Waals surface area contributed by atoms with Crippen LogP contribution in [0.4, 0.5) is 0 Å². The Morgan fingerprint density at radius 3 is 2.88 bits per heavy atom. The van der Waals surface area contributed by atoms with Gasteiger partial charge < -0.3 is 15.6 Å². The first-order valence-corrected chi connectivity index (χ1v) is 6.34. The van der Waals surface area contributed by atoms with Crippen molar-refractivity contribution in [3.63, 3.8) is 0 Å². The van der Waals surface area contributed by atoms with Gasteiger partial charge in [-0.3, -0.25) is 4.79 Å². The van der Waals surface area contributed by atoms with E-state index in [1.54, 1.807) is 12.3 Å². The summed E-state index contributed by atoms with van der Waals surface area (Å²) in [5, 5.41) is 6.98. The number of H-pyrrole nitrogens is 1. The summed E-state index contributed by atoms with van der Waals surface area (Å²) < 4.78 is 0. The van der Waals surface area contributed by atoms with Gasteiger partial charge >= 0.3 is 0 Å². The molecular weight excluding hydrogens is 238 g/mol. The largest absolute Gasteiger partial charge is 0.356 e. The van der Waals surface area contributed by atoms with Gasteiger partial charge in [-0.2, -0.15) is 0 Å². The van der Waals surface area contributed by atoms with Crippen LogP contribution in [0.2, 0.25) is 5.02 Å². The molecule has 1 aliphatic heterocycles. The Balaban J connectivity index is 2.02. The van der Waals surface area contributed by atoms with Crippen LogP contribution in [-0.4, -0.2) is 29.5 Å². The molecule has 4 nitrogen and oxygen atoms in total. The van der Waals surface area contributed by atoms with E-state index in [2.05, 4.69) is 29.5 Å². The van der Waals surface area contributed by atoms with E-state index in [0.29, 0.717) is 22.7 Å². The van der Waals surface area contributed by atoms with E-state index < -0.39 is 0 Å². The normalized spacial score (nSPS) is 29.0. The molecule has 0 radical (unpaired) electrons. The molecule has 1 aromatic rings. The van der Waals surface area contributed by atoms with E-state index in [9.17, 15) is 4.79 Å². The maximum Gasteiger partial charge on any atom is 0.268 e. The van der Waals surface area contributed by atoms with Crippen molar-refractivity contribution in [3.8, 4) is 0 Å². The van der Waals surface area contributed by atoms with Crippen molar-refractivity contribution < 1.29 is 4.79 Å². The number of carbonyl (C=O) groups excluding carboxylic acids is 1. The van der Waals surface area contributed by atoms with E-state index in [1.807, 2.05) is 0 Å². The molecule has 3 N–H and O–H groups in total. The number of piperidine rings is 1. The molecule has 0 spiro atoms. The second-order valence-electron chi connectivity index (χ2n) is 4.74. The molecule has 5 heteroatoms. The standard InChI is InChI=1S/C12H18ClN3O/c1-7-3-4-14-8(2)11(7)16-12(17)10-5-9(13)6-15-10/h5-8,11,14-15H,3-4H2,1-2H3,(H,16,17). The highest BCUT2D eigenvalue weighted by Gasteiger charge is 2.29. The quantitative estimate of drug-likeness (QED) is 0.755. The molecule has 0 aliphatic carbocycles. The predicted molar refractivity (Wildman–Crippen MR) is 68.3 cm³/mol. The Morgan fingerprint density at radius 1 is 1.53 bits per heavy atom. The van der Waals surface area contributed by atoms with Gasteiger partial charge in [-0.05, 0) is 31.9 Å². The fourth-order valence-corrected chi connectivity index (χ4v) is 2.50. The molecule has 3 unspecified atom stereocenters. The van der Waals surface area contributed by atoms with Crippen molar-refractivity contribution in [2.24, 2.45) is 5.92 Å². The highest BCUT2D eigenvalue weighted by Crippen LogP contribution is 2.17. The van der Waals surface area contributed by atoms with Gasteiger partial charge in [0.15, 0.2) is 0 Å². The first-order chi connectivity index (χ1) is 8.08. The molecule has 2 heterocycles. The fourth-order valence-electron chi connectivity index (χ4n) is 2.33. The van der Waals surface area contributed by atoms with Crippen LogP contribution in [0.25, 0.3) is 0 Å². The third kappa shape index (κ3) is 2.82. The van der Waals surface area contributed by atoms with Crippen molar-refractivity contribution >= 4 is 17.5 Å². The van der Waals surface area contributed by atoms with E-state index in [4.69, 9.17) is 11.6 Å². The van der Waals surface area contributed by atoms with Crippen molar-refractivity contribution in [3.05, 3.63) is 23.0 Å². The summed E-state index contributed by atoms with van der Waals surface area (Å²) in [7, 11) is 0. The van der Waals surface area contributed by atoms with E-state index >= 15 is 0 Å². The van der Waals surface area contributed by atoms with Crippen LogP contribution in [0, 0.1) is 5.92 Å². The van der Waals surface area contributed by atoms with Gasteiger partial charge in [0, 0.05) is 18.3 Å². The SMILES string of the molecule is CC1CCNC(C)C1NC(=O)c1cc(Cl)c[nH]1. The Labute approximate surface area is 106 Å². The van der Waals surface area contributed by atoms with Crippen molar-refractivity contribution in [1.29, 1.82) is 0 Å². The number of amides is 1. The summed E-state index contributed by atoms with van der Waals surface area (Å²) in [5.74, 6) is 0.393. The van der Waals surface area contributed by atoms with Crippen LogP contribution in [0.15, 0.2) is 12.3 Å². The topological polar surface area (TPSA) is 56.9 Å². The third-order valence-electron chi connectivity index (χ3n) is 3.41. The number of rotatable bonds is 2. The van der Waals surface area contributed by atoms with Gasteiger partial charge in [0.05, 0.1) is 5.02 Å². The van der Waals surface area contributed by atoms with Gasteiger partial charge in [-0.25, -0.2) is 0 Å². The highest BCUT2D eigenvalue weighted by molar-refractivity contribution is 6.30. The summed E-state index contributed by atoms with van der Waals surface area (Å²) >= 11 is 5.78. The lowest BCUT2D eigenvalue weighted by Gasteiger charge is -2.35. The first kappa shape index (κ1) is 12.5. The molecule has 3 atom stereocenters. The van der Waals surface area contributed by atoms with Crippen molar-refractivity contribution in [1.82, 2.24) is 15.6 Å². The molecule has 0 aromatic carbocycles. The van der Waals surface area contributed by atoms with Crippen LogP contribution in [0.3, 0.4) is 0 Å². The molecule has 1 saturated heterocycles. The zero-order chi connectivity index (χ0) is 12.4. The first-order valence-electron chi connectivity index (χ1n) is 5.96. The Morgan fingerprint density at radius 2 is 2.29 bits per heavy atom. The molecule has 1 fully saturated rings. The summed E-state index contributed by atoms with van der Waals surface area (Å²) in [6.45, 7) is 5.29. The zero-order valence-electron chi connectivity index (χ0n) is 10.1. The zero-order valence-corrected chi connectivity index (χ0v) is 10.8. The molecule has 1 aromatic heterocycles. The average molecular weight is 256 g/mol. The molecule has 94 valence electrons. The second kappa shape index (κ2) is 5.10. The number of nitrogens with one attached hydrogen (secondary N) is 3. The number of hydrogen-bond donors (Lipinski definition) is 3. The average Bonchev–Trinajstić information content (AvgIpc) is 2.70. The van der Waals surface area contributed by atoms with Crippen LogP contribution in [-0.2, 0) is 0 Å². The van der Waals surface area contributed by atoms with Gasteiger partial charge in [0.25, 0.3) is 5.91 Å². The highest BCUT2D eigenvalue weighted by atomic mass is 35.5. The Hall–Kier alpha value is -1.00. The number of aromatic amines is 1. The minimum atomic E-state index is -0.0932. The maximum absolute atomic E-state index is 12.0. The van der Waals surface area contributed by atoms with Gasteiger partial charge in [-0.15, -0.1) is 0 Å². The van der Waals surface area contributed by atoms with Crippen LogP contribution >= 0.6 is 11.6 Å². The third-order valence-corrected chi connectivity index (χ3v) is 3.63. The van der Waals surface area contributed by atoms with Gasteiger partial charge in [-0.1, -0.05) is 18.5 Å². The van der Waals surface area contributed by atoms with E-state index in [1.165, 1.54) is 0 Å². The maximum atomic E-state index is 12.0. The van der Waals surface area contributed by atoms with Crippen LogP contribution < -0.4 is 10.6 Å². The van der Waals surface area contributed by atoms with E-state index in [0.717, 1.165) is 13.0 Å². The fraction of sp³-hybridized carbons (Fsp3) is 0.583. The van der Waals surface area contributed by atoms with Gasteiger partial charge in [0.2, 0.25) is 0 Å².